The van der Waals surface area contributed by atoms with Crippen molar-refractivity contribution in [2.45, 2.75) is 52.5 Å². The Balaban J connectivity index is 4.31. The van der Waals surface area contributed by atoms with Gasteiger partial charge in [0.25, 0.3) is 0 Å². The summed E-state index contributed by atoms with van der Waals surface area (Å²) in [6.07, 6.45) is 3.85. The molecule has 14 heavy (non-hydrogen) atoms. The van der Waals surface area contributed by atoms with Gasteiger partial charge in [-0.3, -0.25) is 0 Å². The second-order valence-corrected chi connectivity index (χ2v) is 14.3. The molecule has 0 aliphatic heterocycles. The summed E-state index contributed by atoms with van der Waals surface area (Å²) in [6, 6.07) is 0. The number of hydrogen-bond donors (Lipinski definition) is 0. The quantitative estimate of drug-likeness (QED) is 0.410. The van der Waals surface area contributed by atoms with E-state index in [1.54, 1.807) is 0 Å². The minimum absolute atomic E-state index is 0.140. The zero-order chi connectivity index (χ0) is 11.4. The molecular formula is C10H24O2Si2. The normalized spacial score (nSPS) is 14.3. The molecule has 0 rings (SSSR count). The van der Waals surface area contributed by atoms with Crippen molar-refractivity contribution in [1.29, 1.82) is 0 Å². The topological polar surface area (TPSA) is 18.5 Å². The van der Waals surface area contributed by atoms with E-state index in [0.29, 0.717) is 0 Å². The van der Waals surface area contributed by atoms with Gasteiger partial charge in [0.1, 0.15) is 0 Å². The molecule has 0 saturated carbocycles. The van der Waals surface area contributed by atoms with Crippen LogP contribution in [-0.2, 0) is 8.85 Å². The minimum atomic E-state index is -1.51. The summed E-state index contributed by atoms with van der Waals surface area (Å²) in [7, 11) is -3.02. The summed E-state index contributed by atoms with van der Waals surface area (Å²) in [4.78, 5) is 0. The molecule has 0 radical (unpaired) electrons. The lowest BCUT2D eigenvalue weighted by Crippen LogP contribution is -2.38. The van der Waals surface area contributed by atoms with Gasteiger partial charge in [0.05, 0.1) is 0 Å². The second-order valence-electron chi connectivity index (χ2n) is 5.35. The summed E-state index contributed by atoms with van der Waals surface area (Å²) in [6.45, 7) is 15.1. The molecule has 0 aliphatic rings. The second kappa shape index (κ2) is 5.25. The van der Waals surface area contributed by atoms with Crippen LogP contribution in [0.4, 0.5) is 0 Å². The highest BCUT2D eigenvalue weighted by molar-refractivity contribution is 6.70. The molecule has 4 heteroatoms. The van der Waals surface area contributed by atoms with E-state index >= 15 is 0 Å². The van der Waals surface area contributed by atoms with Crippen LogP contribution in [0.5, 0.6) is 0 Å². The standard InChI is InChI=1S/C10H24O2Si2/c1-8-9-10(11-13(2,3)4)12-14(5,6)7/h8-10H,1-7H3/b9-8+. The van der Waals surface area contributed by atoms with E-state index in [-0.39, 0.29) is 6.29 Å². The highest BCUT2D eigenvalue weighted by atomic mass is 28.4. The predicted molar refractivity (Wildman–Crippen MR) is 67.5 cm³/mol. The van der Waals surface area contributed by atoms with Crippen molar-refractivity contribution in [1.82, 2.24) is 0 Å². The Hall–Kier alpha value is 0.0938. The summed E-state index contributed by atoms with van der Waals surface area (Å²) in [5, 5.41) is 0. The lowest BCUT2D eigenvalue weighted by molar-refractivity contribution is 0.0342. The molecule has 2 nitrogen and oxygen atoms in total. The van der Waals surface area contributed by atoms with Gasteiger partial charge in [0.15, 0.2) is 22.9 Å². The van der Waals surface area contributed by atoms with Gasteiger partial charge in [-0.15, -0.1) is 0 Å². The molecule has 0 bridgehead atoms. The van der Waals surface area contributed by atoms with E-state index in [1.807, 2.05) is 19.1 Å². The predicted octanol–water partition coefficient (Wildman–Crippen LogP) is 3.59. The van der Waals surface area contributed by atoms with Gasteiger partial charge in [0.2, 0.25) is 0 Å². The summed E-state index contributed by atoms with van der Waals surface area (Å²) in [5.41, 5.74) is 0. The van der Waals surface area contributed by atoms with Gasteiger partial charge in [-0.2, -0.15) is 0 Å². The molecule has 0 N–H and O–H groups in total. The van der Waals surface area contributed by atoms with Crippen LogP contribution in [0, 0.1) is 0 Å². The summed E-state index contributed by atoms with van der Waals surface area (Å²) in [5.74, 6) is 0. The lowest BCUT2D eigenvalue weighted by atomic mass is 10.5. The van der Waals surface area contributed by atoms with Crippen molar-refractivity contribution in [2.24, 2.45) is 0 Å². The van der Waals surface area contributed by atoms with Gasteiger partial charge >= 0.3 is 0 Å². The van der Waals surface area contributed by atoms with E-state index in [4.69, 9.17) is 8.85 Å². The summed E-state index contributed by atoms with van der Waals surface area (Å²) >= 11 is 0. The van der Waals surface area contributed by atoms with E-state index in [0.717, 1.165) is 0 Å². The molecule has 0 aromatic rings. The van der Waals surface area contributed by atoms with Gasteiger partial charge in [0, 0.05) is 0 Å². The molecule has 0 spiro atoms. The SMILES string of the molecule is C/C=C/C(O[Si](C)(C)C)O[Si](C)(C)C. The zero-order valence-corrected chi connectivity index (χ0v) is 12.5. The third kappa shape index (κ3) is 8.68. The van der Waals surface area contributed by atoms with Crippen molar-refractivity contribution in [3.05, 3.63) is 12.2 Å². The monoisotopic (exact) mass is 232 g/mol. The van der Waals surface area contributed by atoms with Crippen molar-refractivity contribution >= 4 is 16.6 Å². The average Bonchev–Trinajstić information content (AvgIpc) is 1.78. The average molecular weight is 232 g/mol. The van der Waals surface area contributed by atoms with Crippen LogP contribution in [0.3, 0.4) is 0 Å². The highest BCUT2D eigenvalue weighted by Gasteiger charge is 2.24. The molecule has 0 aromatic heterocycles. The fourth-order valence-corrected chi connectivity index (χ4v) is 2.70. The van der Waals surface area contributed by atoms with E-state index in [2.05, 4.69) is 39.3 Å². The minimum Gasteiger partial charge on any atom is -0.391 e. The van der Waals surface area contributed by atoms with Crippen LogP contribution in [0.1, 0.15) is 6.92 Å². The fourth-order valence-electron chi connectivity index (χ4n) is 0.957. The molecule has 0 atom stereocenters. The van der Waals surface area contributed by atoms with Crippen molar-refractivity contribution in [3.63, 3.8) is 0 Å². The largest absolute Gasteiger partial charge is 0.391 e. The first-order chi connectivity index (χ1) is 6.14. The molecule has 0 heterocycles. The lowest BCUT2D eigenvalue weighted by Gasteiger charge is -2.29. The van der Waals surface area contributed by atoms with Gasteiger partial charge in [-0.1, -0.05) is 6.08 Å². The van der Waals surface area contributed by atoms with Crippen molar-refractivity contribution in [3.8, 4) is 0 Å². The zero-order valence-electron chi connectivity index (χ0n) is 10.5. The molecule has 0 fully saturated rings. The van der Waals surface area contributed by atoms with E-state index in [1.165, 1.54) is 0 Å². The maximum atomic E-state index is 5.92. The van der Waals surface area contributed by atoms with Gasteiger partial charge < -0.3 is 8.85 Å². The smallest absolute Gasteiger partial charge is 0.187 e. The highest BCUT2D eigenvalue weighted by Crippen LogP contribution is 2.14. The summed E-state index contributed by atoms with van der Waals surface area (Å²) < 4.78 is 11.8. The molecular weight excluding hydrogens is 208 g/mol. The van der Waals surface area contributed by atoms with E-state index < -0.39 is 16.6 Å². The first-order valence-electron chi connectivity index (χ1n) is 5.12. The Kier molecular flexibility index (Phi) is 5.29. The van der Waals surface area contributed by atoms with Crippen LogP contribution < -0.4 is 0 Å². The van der Waals surface area contributed by atoms with Crippen molar-refractivity contribution < 1.29 is 8.85 Å². The Labute approximate surface area is 90.6 Å². The molecule has 84 valence electrons. The first kappa shape index (κ1) is 14.1. The third-order valence-corrected chi connectivity index (χ3v) is 3.17. The Bertz CT molecular complexity index is 173. The van der Waals surface area contributed by atoms with Gasteiger partial charge in [-0.05, 0) is 52.3 Å². The Morgan fingerprint density at radius 3 is 1.43 bits per heavy atom. The molecule has 0 amide bonds. The van der Waals surface area contributed by atoms with Crippen LogP contribution in [0.15, 0.2) is 12.2 Å². The van der Waals surface area contributed by atoms with Crippen LogP contribution in [-0.4, -0.2) is 22.9 Å². The maximum Gasteiger partial charge on any atom is 0.187 e. The number of allylic oxidation sites excluding steroid dienone is 1. The Morgan fingerprint density at radius 1 is 0.857 bits per heavy atom. The van der Waals surface area contributed by atoms with Crippen molar-refractivity contribution in [2.75, 3.05) is 0 Å². The molecule has 0 aliphatic carbocycles. The number of rotatable bonds is 5. The molecule has 0 saturated heterocycles. The van der Waals surface area contributed by atoms with Crippen LogP contribution in [0.2, 0.25) is 39.3 Å². The molecule has 0 aromatic carbocycles. The fraction of sp³-hybridized carbons (Fsp3) is 0.800. The van der Waals surface area contributed by atoms with E-state index in [9.17, 15) is 0 Å². The number of hydrogen-bond acceptors (Lipinski definition) is 2. The maximum absolute atomic E-state index is 5.92. The van der Waals surface area contributed by atoms with Crippen LogP contribution in [0.25, 0.3) is 0 Å². The third-order valence-electron chi connectivity index (χ3n) is 1.29. The molecule has 0 unspecified atom stereocenters. The van der Waals surface area contributed by atoms with Gasteiger partial charge in [-0.25, -0.2) is 0 Å². The Morgan fingerprint density at radius 2 is 1.21 bits per heavy atom. The van der Waals surface area contributed by atoms with Crippen LogP contribution >= 0.6 is 0 Å². The first-order valence-corrected chi connectivity index (χ1v) is 11.9.